The van der Waals surface area contributed by atoms with Crippen LogP contribution in [0.3, 0.4) is 0 Å². The number of carbonyl (C=O) groups is 2. The van der Waals surface area contributed by atoms with Crippen LogP contribution < -0.4 is 11.1 Å². The number of nitrogens with one attached hydrogen (secondary N) is 1. The number of hydrogen-bond acceptors (Lipinski definition) is 5. The maximum Gasteiger partial charge on any atom is 0.315 e. The molecule has 0 aliphatic carbocycles. The Hall–Kier alpha value is -3.48. The second-order valence-electron chi connectivity index (χ2n) is 7.35. The number of amides is 2. The molecule has 148 valence electrons. The van der Waals surface area contributed by atoms with E-state index < -0.39 is 11.8 Å². The van der Waals surface area contributed by atoms with Gasteiger partial charge >= 0.3 is 11.8 Å². The molecule has 1 aliphatic rings. The summed E-state index contributed by atoms with van der Waals surface area (Å²) in [7, 11) is 0. The maximum absolute atomic E-state index is 12.4. The van der Waals surface area contributed by atoms with Crippen molar-refractivity contribution in [2.75, 3.05) is 24.1 Å². The molecule has 3 N–H and O–H groups in total. The van der Waals surface area contributed by atoms with E-state index in [1.54, 1.807) is 29.6 Å². The van der Waals surface area contributed by atoms with E-state index in [9.17, 15) is 9.59 Å². The number of aryl methyl sites for hydroxylation is 1. The first-order chi connectivity index (χ1) is 14.0. The first-order valence-corrected chi connectivity index (χ1v) is 9.73. The number of anilines is 2. The normalized spacial score (nSPS) is 14.0. The summed E-state index contributed by atoms with van der Waals surface area (Å²) in [6, 6.07) is 7.56. The number of rotatable bonds is 2. The van der Waals surface area contributed by atoms with E-state index in [0.29, 0.717) is 24.6 Å². The number of likely N-dealkylation sites (tertiary alicyclic amines) is 1. The Labute approximate surface area is 168 Å². The Morgan fingerprint density at radius 3 is 2.66 bits per heavy atom. The molecular formula is C22H23N5O2. The first-order valence-electron chi connectivity index (χ1n) is 9.73. The minimum atomic E-state index is -0.661. The van der Waals surface area contributed by atoms with E-state index >= 15 is 0 Å². The second-order valence-corrected chi connectivity index (χ2v) is 7.35. The summed E-state index contributed by atoms with van der Waals surface area (Å²) in [5.41, 5.74) is 9.85. The van der Waals surface area contributed by atoms with Crippen LogP contribution in [-0.4, -0.2) is 39.8 Å². The molecule has 0 atom stereocenters. The van der Waals surface area contributed by atoms with Gasteiger partial charge in [0.2, 0.25) is 0 Å². The van der Waals surface area contributed by atoms with E-state index in [1.165, 1.54) is 0 Å². The van der Waals surface area contributed by atoms with Crippen LogP contribution in [-0.2, 0) is 9.59 Å². The molecule has 0 radical (unpaired) electrons. The van der Waals surface area contributed by atoms with Crippen molar-refractivity contribution < 1.29 is 9.59 Å². The molecule has 3 aromatic rings. The lowest BCUT2D eigenvalue weighted by atomic mass is 9.99. The quantitative estimate of drug-likeness (QED) is 0.518. The minimum absolute atomic E-state index is 0.326. The predicted molar refractivity (Wildman–Crippen MR) is 113 cm³/mol. The second kappa shape index (κ2) is 7.87. The molecule has 2 aromatic heterocycles. The van der Waals surface area contributed by atoms with Crippen LogP contribution in [0.2, 0.25) is 0 Å². The van der Waals surface area contributed by atoms with Gasteiger partial charge in [0.1, 0.15) is 5.82 Å². The number of nitrogen functional groups attached to an aromatic ring is 1. The molecule has 7 nitrogen and oxygen atoms in total. The number of aromatic nitrogens is 2. The van der Waals surface area contributed by atoms with Gasteiger partial charge in [-0.2, -0.15) is 0 Å². The first kappa shape index (κ1) is 18.9. The minimum Gasteiger partial charge on any atom is -0.398 e. The Bertz CT molecular complexity index is 1090. The van der Waals surface area contributed by atoms with Crippen molar-refractivity contribution in [2.24, 2.45) is 0 Å². The molecule has 0 saturated carbocycles. The van der Waals surface area contributed by atoms with Crippen molar-refractivity contribution in [3.05, 3.63) is 48.4 Å². The molecule has 1 aromatic carbocycles. The number of fused-ring (bicyclic) bond motifs is 1. The average Bonchev–Trinajstić information content (AvgIpc) is 2.74. The fourth-order valence-corrected chi connectivity index (χ4v) is 3.69. The zero-order chi connectivity index (χ0) is 20.4. The number of nitrogens with two attached hydrogens (primary N) is 1. The van der Waals surface area contributed by atoms with Crippen molar-refractivity contribution in [3.63, 3.8) is 0 Å². The molecule has 1 fully saturated rings. The summed E-state index contributed by atoms with van der Waals surface area (Å²) in [5.74, 6) is -0.843. The van der Waals surface area contributed by atoms with Gasteiger partial charge in [-0.15, -0.1) is 0 Å². The number of piperidine rings is 1. The van der Waals surface area contributed by atoms with E-state index in [2.05, 4.69) is 15.3 Å². The van der Waals surface area contributed by atoms with Gasteiger partial charge in [-0.3, -0.25) is 14.6 Å². The van der Waals surface area contributed by atoms with E-state index in [4.69, 9.17) is 5.73 Å². The zero-order valence-electron chi connectivity index (χ0n) is 16.3. The standard InChI is InChI=1S/C22H23N5O2/c1-14-5-6-24-12-17(14)15-9-16-11-20(25-13-18(16)19(23)10-15)26-21(28)22(29)27-7-3-2-4-8-27/h5-6,9-13H,2-4,7-8,23H2,1H3,(H,25,26,28). The third-order valence-corrected chi connectivity index (χ3v) is 5.30. The van der Waals surface area contributed by atoms with Crippen molar-refractivity contribution in [3.8, 4) is 11.1 Å². The van der Waals surface area contributed by atoms with Crippen molar-refractivity contribution in [2.45, 2.75) is 26.2 Å². The van der Waals surface area contributed by atoms with Crippen LogP contribution in [0.25, 0.3) is 21.9 Å². The van der Waals surface area contributed by atoms with Crippen LogP contribution >= 0.6 is 0 Å². The highest BCUT2D eigenvalue weighted by molar-refractivity contribution is 6.39. The van der Waals surface area contributed by atoms with E-state index in [1.807, 2.05) is 25.1 Å². The highest BCUT2D eigenvalue weighted by Crippen LogP contribution is 2.31. The monoisotopic (exact) mass is 389 g/mol. The Morgan fingerprint density at radius 1 is 1.10 bits per heavy atom. The Morgan fingerprint density at radius 2 is 1.90 bits per heavy atom. The number of carbonyl (C=O) groups excluding carboxylic acids is 2. The summed E-state index contributed by atoms with van der Waals surface area (Å²) in [5, 5.41) is 4.25. The third-order valence-electron chi connectivity index (χ3n) is 5.30. The summed E-state index contributed by atoms with van der Waals surface area (Å²) >= 11 is 0. The number of benzene rings is 1. The molecule has 0 spiro atoms. The summed E-state index contributed by atoms with van der Waals surface area (Å²) in [6.45, 7) is 3.27. The molecular weight excluding hydrogens is 366 g/mol. The van der Waals surface area contributed by atoms with Crippen LogP contribution in [0.4, 0.5) is 11.5 Å². The maximum atomic E-state index is 12.4. The van der Waals surface area contributed by atoms with Crippen molar-refractivity contribution >= 4 is 34.1 Å². The lowest BCUT2D eigenvalue weighted by molar-refractivity contribution is -0.143. The average molecular weight is 389 g/mol. The van der Waals surface area contributed by atoms with Gasteiger partial charge in [0.25, 0.3) is 0 Å². The smallest absolute Gasteiger partial charge is 0.315 e. The third kappa shape index (κ3) is 3.89. The zero-order valence-corrected chi connectivity index (χ0v) is 16.3. The number of nitrogens with zero attached hydrogens (tertiary/aromatic N) is 3. The predicted octanol–water partition coefficient (Wildman–Crippen LogP) is 3.14. The van der Waals surface area contributed by atoms with Crippen LogP contribution in [0.15, 0.2) is 42.9 Å². The molecule has 2 amide bonds. The fraction of sp³-hybridized carbons (Fsp3) is 0.273. The van der Waals surface area contributed by atoms with Gasteiger partial charge in [0.15, 0.2) is 0 Å². The molecule has 1 aliphatic heterocycles. The van der Waals surface area contributed by atoms with Gasteiger partial charge in [0.05, 0.1) is 0 Å². The van der Waals surface area contributed by atoms with Crippen LogP contribution in [0, 0.1) is 6.92 Å². The van der Waals surface area contributed by atoms with Crippen LogP contribution in [0.1, 0.15) is 24.8 Å². The Kier molecular flexibility index (Phi) is 5.12. The van der Waals surface area contributed by atoms with E-state index in [-0.39, 0.29) is 0 Å². The molecule has 29 heavy (non-hydrogen) atoms. The van der Waals surface area contributed by atoms with Gasteiger partial charge < -0.3 is 16.0 Å². The highest BCUT2D eigenvalue weighted by atomic mass is 16.2. The van der Waals surface area contributed by atoms with Crippen LogP contribution in [0.5, 0.6) is 0 Å². The molecule has 4 rings (SSSR count). The SMILES string of the molecule is Cc1ccncc1-c1cc(N)c2cnc(NC(=O)C(=O)N3CCCCC3)cc2c1. The van der Waals surface area contributed by atoms with Gasteiger partial charge in [-0.1, -0.05) is 0 Å². The topological polar surface area (TPSA) is 101 Å². The molecule has 0 bridgehead atoms. The number of hydrogen-bond donors (Lipinski definition) is 2. The van der Waals surface area contributed by atoms with Gasteiger partial charge in [-0.05, 0) is 67.0 Å². The van der Waals surface area contributed by atoms with Gasteiger partial charge in [-0.25, -0.2) is 4.98 Å². The molecule has 1 saturated heterocycles. The van der Waals surface area contributed by atoms with Crippen molar-refractivity contribution in [1.82, 2.24) is 14.9 Å². The largest absolute Gasteiger partial charge is 0.398 e. The summed E-state index contributed by atoms with van der Waals surface area (Å²) in [4.78, 5) is 34.8. The molecule has 7 heteroatoms. The highest BCUT2D eigenvalue weighted by Gasteiger charge is 2.23. The number of pyridine rings is 2. The van der Waals surface area contributed by atoms with Crippen molar-refractivity contribution in [1.29, 1.82) is 0 Å². The summed E-state index contributed by atoms with van der Waals surface area (Å²) in [6.07, 6.45) is 8.13. The lowest BCUT2D eigenvalue weighted by Gasteiger charge is -2.25. The Balaban J connectivity index is 1.62. The van der Waals surface area contributed by atoms with Gasteiger partial charge in [0, 0.05) is 48.3 Å². The fourth-order valence-electron chi connectivity index (χ4n) is 3.69. The molecule has 3 heterocycles. The lowest BCUT2D eigenvalue weighted by Crippen LogP contribution is -2.42. The summed E-state index contributed by atoms with van der Waals surface area (Å²) < 4.78 is 0. The van der Waals surface area contributed by atoms with E-state index in [0.717, 1.165) is 46.7 Å². The molecule has 0 unspecified atom stereocenters.